The van der Waals surface area contributed by atoms with Crippen molar-refractivity contribution in [3.8, 4) is 11.1 Å². The van der Waals surface area contributed by atoms with E-state index in [0.717, 1.165) is 20.3 Å². The highest BCUT2D eigenvalue weighted by molar-refractivity contribution is 7.89. The lowest BCUT2D eigenvalue weighted by molar-refractivity contribution is -0.116. The number of hydrogen-bond donors (Lipinski definition) is 1. The molecular formula is C23H21ClN4O4S2. The minimum atomic E-state index is -3.80. The third-order valence-corrected chi connectivity index (χ3v) is 8.51. The van der Waals surface area contributed by atoms with Crippen molar-refractivity contribution in [2.75, 3.05) is 19.4 Å². The number of aromatic nitrogens is 2. The highest BCUT2D eigenvalue weighted by Gasteiger charge is 2.22. The highest BCUT2D eigenvalue weighted by Crippen LogP contribution is 2.35. The van der Waals surface area contributed by atoms with E-state index >= 15 is 0 Å². The van der Waals surface area contributed by atoms with E-state index in [0.29, 0.717) is 10.2 Å². The topological polar surface area (TPSA) is 101 Å². The number of benzene rings is 2. The first-order chi connectivity index (χ1) is 16.1. The van der Waals surface area contributed by atoms with Crippen LogP contribution in [-0.2, 0) is 21.4 Å². The second kappa shape index (κ2) is 9.30. The third-order valence-electron chi connectivity index (χ3n) is 5.20. The summed E-state index contributed by atoms with van der Waals surface area (Å²) in [6.45, 7) is 1.65. The van der Waals surface area contributed by atoms with Crippen molar-refractivity contribution >= 4 is 54.8 Å². The van der Waals surface area contributed by atoms with Gasteiger partial charge in [-0.3, -0.25) is 14.2 Å². The minimum absolute atomic E-state index is 0.0406. The van der Waals surface area contributed by atoms with Gasteiger partial charge in [0.1, 0.15) is 16.3 Å². The van der Waals surface area contributed by atoms with Crippen LogP contribution in [0.25, 0.3) is 21.3 Å². The summed E-state index contributed by atoms with van der Waals surface area (Å²) in [5, 5.41) is 3.14. The normalized spacial score (nSPS) is 11.8. The van der Waals surface area contributed by atoms with Crippen LogP contribution in [-0.4, -0.2) is 42.3 Å². The van der Waals surface area contributed by atoms with Gasteiger partial charge in [0.2, 0.25) is 15.9 Å². The Morgan fingerprint density at radius 3 is 2.56 bits per heavy atom. The van der Waals surface area contributed by atoms with Crippen LogP contribution in [0.1, 0.15) is 4.88 Å². The van der Waals surface area contributed by atoms with E-state index in [2.05, 4.69) is 10.3 Å². The molecule has 0 spiro atoms. The lowest BCUT2D eigenvalue weighted by atomic mass is 10.0. The summed E-state index contributed by atoms with van der Waals surface area (Å²) in [5.74, 6) is -0.507. The van der Waals surface area contributed by atoms with Crippen LogP contribution in [0.3, 0.4) is 0 Å². The second-order valence-electron chi connectivity index (χ2n) is 7.74. The molecule has 8 nitrogen and oxygen atoms in total. The van der Waals surface area contributed by atoms with Gasteiger partial charge in [0.25, 0.3) is 5.56 Å². The predicted octanol–water partition coefficient (Wildman–Crippen LogP) is 3.98. The first-order valence-corrected chi connectivity index (χ1v) is 12.8. The van der Waals surface area contributed by atoms with Crippen LogP contribution < -0.4 is 10.9 Å². The number of rotatable bonds is 6. The number of aryl methyl sites for hydroxylation is 1. The van der Waals surface area contributed by atoms with Crippen molar-refractivity contribution in [2.24, 2.45) is 0 Å². The quantitative estimate of drug-likeness (QED) is 0.418. The van der Waals surface area contributed by atoms with Gasteiger partial charge in [-0.2, -0.15) is 0 Å². The zero-order valence-electron chi connectivity index (χ0n) is 18.6. The van der Waals surface area contributed by atoms with Crippen LogP contribution >= 0.6 is 22.9 Å². The van der Waals surface area contributed by atoms with Gasteiger partial charge in [0.05, 0.1) is 16.7 Å². The molecule has 4 rings (SSSR count). The summed E-state index contributed by atoms with van der Waals surface area (Å²) < 4.78 is 27.2. The molecule has 2 heterocycles. The number of anilines is 1. The number of carbonyl (C=O) groups excluding carboxylic acids is 1. The van der Waals surface area contributed by atoms with Gasteiger partial charge in [-0.1, -0.05) is 41.9 Å². The van der Waals surface area contributed by atoms with Crippen LogP contribution in [0.15, 0.2) is 64.5 Å². The lowest BCUT2D eigenvalue weighted by Crippen LogP contribution is -2.28. The van der Waals surface area contributed by atoms with Gasteiger partial charge in [-0.15, -0.1) is 11.3 Å². The van der Waals surface area contributed by atoms with Crippen molar-refractivity contribution in [1.29, 1.82) is 0 Å². The zero-order chi connectivity index (χ0) is 24.6. The number of hydrogen-bond acceptors (Lipinski definition) is 6. The summed E-state index contributed by atoms with van der Waals surface area (Å²) in [6, 6.07) is 13.7. The molecule has 0 saturated carbocycles. The van der Waals surface area contributed by atoms with Crippen LogP contribution in [0, 0.1) is 6.92 Å². The molecule has 0 unspecified atom stereocenters. The van der Waals surface area contributed by atoms with Crippen molar-refractivity contribution in [2.45, 2.75) is 18.4 Å². The maximum atomic E-state index is 13.3. The molecule has 0 saturated heterocycles. The summed E-state index contributed by atoms with van der Waals surface area (Å²) in [4.78, 5) is 31.8. The van der Waals surface area contributed by atoms with Crippen LogP contribution in [0.4, 0.5) is 5.69 Å². The Bertz CT molecular complexity index is 1560. The number of amides is 1. The highest BCUT2D eigenvalue weighted by atomic mass is 35.5. The Morgan fingerprint density at radius 2 is 1.88 bits per heavy atom. The Labute approximate surface area is 205 Å². The van der Waals surface area contributed by atoms with Crippen LogP contribution in [0.5, 0.6) is 0 Å². The third kappa shape index (κ3) is 4.49. The molecule has 0 atom stereocenters. The number of thiophene rings is 1. The van der Waals surface area contributed by atoms with Crippen LogP contribution in [0.2, 0.25) is 5.02 Å². The Morgan fingerprint density at radius 1 is 1.18 bits per heavy atom. The molecule has 4 aromatic rings. The number of nitrogens with one attached hydrogen (secondary N) is 1. The smallest absolute Gasteiger partial charge is 0.263 e. The van der Waals surface area contributed by atoms with Gasteiger partial charge < -0.3 is 5.32 Å². The molecular weight excluding hydrogens is 496 g/mol. The van der Waals surface area contributed by atoms with Gasteiger partial charge in [0.15, 0.2) is 0 Å². The molecule has 176 valence electrons. The van der Waals surface area contributed by atoms with E-state index in [1.165, 1.54) is 54.5 Å². The van der Waals surface area contributed by atoms with Crippen molar-refractivity contribution < 1.29 is 13.2 Å². The molecule has 1 N–H and O–H groups in total. The number of sulfonamides is 1. The molecule has 2 aromatic carbocycles. The zero-order valence-corrected chi connectivity index (χ0v) is 21.0. The number of nitrogens with zero attached hydrogens (tertiary/aromatic N) is 3. The Balaban J connectivity index is 1.65. The molecule has 0 bridgehead atoms. The van der Waals surface area contributed by atoms with E-state index in [9.17, 15) is 18.0 Å². The molecule has 2 aromatic heterocycles. The number of halogens is 1. The van der Waals surface area contributed by atoms with Crippen molar-refractivity contribution in [1.82, 2.24) is 13.9 Å². The first-order valence-electron chi connectivity index (χ1n) is 10.2. The van der Waals surface area contributed by atoms with Gasteiger partial charge in [-0.25, -0.2) is 17.7 Å². The second-order valence-corrected chi connectivity index (χ2v) is 11.5. The summed E-state index contributed by atoms with van der Waals surface area (Å²) >= 11 is 7.49. The summed E-state index contributed by atoms with van der Waals surface area (Å²) in [5.41, 5.74) is 1.64. The van der Waals surface area contributed by atoms with E-state index < -0.39 is 15.9 Å². The van der Waals surface area contributed by atoms with E-state index in [1.54, 1.807) is 0 Å². The summed E-state index contributed by atoms with van der Waals surface area (Å²) in [6.07, 6.45) is 1.35. The van der Waals surface area contributed by atoms with Crippen molar-refractivity contribution in [3.63, 3.8) is 0 Å². The predicted molar refractivity (Wildman–Crippen MR) is 135 cm³/mol. The average molecular weight is 517 g/mol. The average Bonchev–Trinajstić information content (AvgIpc) is 3.14. The summed E-state index contributed by atoms with van der Waals surface area (Å²) in [7, 11) is -1.02. The lowest BCUT2D eigenvalue weighted by Gasteiger charge is -2.14. The number of fused-ring (bicyclic) bond motifs is 1. The van der Waals surface area contributed by atoms with Gasteiger partial charge in [0, 0.05) is 30.2 Å². The standard InChI is InChI=1S/C23H21ClN4O4S2/c1-14-20(15-7-5-4-6-8-15)21-22(33-14)25-13-28(23(21)30)12-19(29)26-16-9-10-17(24)18(11-16)34(31,32)27(2)3/h4-11,13H,12H2,1-3H3,(H,26,29). The number of carbonyl (C=O) groups is 1. The largest absolute Gasteiger partial charge is 0.324 e. The Hall–Kier alpha value is -3.05. The van der Waals surface area contributed by atoms with Gasteiger partial charge >= 0.3 is 0 Å². The molecule has 11 heteroatoms. The first kappa shape index (κ1) is 24.1. The van der Waals surface area contributed by atoms with E-state index in [4.69, 9.17) is 11.6 Å². The molecule has 1 amide bonds. The fourth-order valence-corrected chi connectivity index (χ4v) is 5.93. The molecule has 0 aliphatic carbocycles. The minimum Gasteiger partial charge on any atom is -0.324 e. The molecule has 0 aliphatic rings. The fourth-order valence-electron chi connectivity index (χ4n) is 3.53. The van der Waals surface area contributed by atoms with E-state index in [-0.39, 0.29) is 27.7 Å². The van der Waals surface area contributed by atoms with Crippen molar-refractivity contribution in [3.05, 3.63) is 75.1 Å². The molecule has 0 fully saturated rings. The maximum absolute atomic E-state index is 13.3. The van der Waals surface area contributed by atoms with Gasteiger partial charge in [-0.05, 0) is 30.7 Å². The monoisotopic (exact) mass is 516 g/mol. The van der Waals surface area contributed by atoms with E-state index in [1.807, 2.05) is 37.3 Å². The maximum Gasteiger partial charge on any atom is 0.263 e. The Kier molecular flexibility index (Phi) is 6.59. The fraction of sp³-hybridized carbons (Fsp3) is 0.174. The molecule has 34 heavy (non-hydrogen) atoms. The SMILES string of the molecule is Cc1sc2ncn(CC(=O)Nc3ccc(Cl)c(S(=O)(=O)N(C)C)c3)c(=O)c2c1-c1ccccc1. The molecule has 0 aliphatic heterocycles. The molecule has 0 radical (unpaired) electrons.